The number of nitrogens with one attached hydrogen (secondary N) is 2. The average molecular weight is 320 g/mol. The molecule has 0 spiro atoms. The Morgan fingerprint density at radius 3 is 2.86 bits per heavy atom. The smallest absolute Gasteiger partial charge is 0.322 e. The van der Waals surface area contributed by atoms with Crippen molar-refractivity contribution in [3.8, 4) is 0 Å². The number of nitrogens with zero attached hydrogens (tertiary/aromatic N) is 4. The summed E-state index contributed by atoms with van der Waals surface area (Å²) in [5, 5.41) is 10.6. The zero-order valence-electron chi connectivity index (χ0n) is 12.8. The largest absolute Gasteiger partial charge is 0.331 e. The summed E-state index contributed by atoms with van der Waals surface area (Å²) < 4.78 is 1.67. The van der Waals surface area contributed by atoms with E-state index in [1.54, 1.807) is 16.0 Å². The second kappa shape index (κ2) is 6.43. The SMILES string of the molecule is CCc1nc(NC(=O)NCc2nc3c(s2)CCCC3)nn1C. The van der Waals surface area contributed by atoms with Crippen LogP contribution in [0.2, 0.25) is 0 Å². The van der Waals surface area contributed by atoms with Crippen molar-refractivity contribution in [3.05, 3.63) is 21.4 Å². The van der Waals surface area contributed by atoms with Crippen molar-refractivity contribution < 1.29 is 4.79 Å². The Morgan fingerprint density at radius 1 is 1.32 bits per heavy atom. The van der Waals surface area contributed by atoms with E-state index in [1.165, 1.54) is 23.4 Å². The van der Waals surface area contributed by atoms with E-state index < -0.39 is 0 Å². The van der Waals surface area contributed by atoms with Gasteiger partial charge in [0.1, 0.15) is 10.8 Å². The lowest BCUT2D eigenvalue weighted by molar-refractivity contribution is 0.251. The maximum Gasteiger partial charge on any atom is 0.322 e. The van der Waals surface area contributed by atoms with Crippen molar-refractivity contribution in [1.82, 2.24) is 25.1 Å². The van der Waals surface area contributed by atoms with Crippen LogP contribution in [0.5, 0.6) is 0 Å². The molecule has 0 aromatic carbocycles. The second-order valence-corrected chi connectivity index (χ2v) is 6.49. The Balaban J connectivity index is 1.54. The maximum absolute atomic E-state index is 11.9. The zero-order valence-corrected chi connectivity index (χ0v) is 13.7. The van der Waals surface area contributed by atoms with Crippen LogP contribution in [-0.4, -0.2) is 25.8 Å². The molecule has 2 aromatic rings. The molecule has 2 amide bonds. The van der Waals surface area contributed by atoms with Crippen LogP contribution in [0.25, 0.3) is 0 Å². The molecule has 22 heavy (non-hydrogen) atoms. The molecular weight excluding hydrogens is 300 g/mol. The van der Waals surface area contributed by atoms with Gasteiger partial charge in [-0.2, -0.15) is 4.98 Å². The van der Waals surface area contributed by atoms with Gasteiger partial charge in [0.25, 0.3) is 0 Å². The molecule has 0 aliphatic heterocycles. The molecule has 0 saturated carbocycles. The molecule has 0 unspecified atom stereocenters. The van der Waals surface area contributed by atoms with Crippen LogP contribution in [0.3, 0.4) is 0 Å². The Bertz CT molecular complexity index is 653. The summed E-state index contributed by atoms with van der Waals surface area (Å²) in [5.41, 5.74) is 1.22. The number of aryl methyl sites for hydroxylation is 4. The minimum atomic E-state index is -0.304. The van der Waals surface area contributed by atoms with Gasteiger partial charge < -0.3 is 5.32 Å². The predicted molar refractivity (Wildman–Crippen MR) is 85.0 cm³/mol. The molecule has 0 bridgehead atoms. The number of rotatable bonds is 4. The third-order valence-electron chi connectivity index (χ3n) is 3.68. The van der Waals surface area contributed by atoms with Gasteiger partial charge in [-0.25, -0.2) is 9.78 Å². The first-order chi connectivity index (χ1) is 10.7. The summed E-state index contributed by atoms with van der Waals surface area (Å²) in [5.74, 6) is 1.16. The predicted octanol–water partition coefficient (Wildman–Crippen LogP) is 2.03. The van der Waals surface area contributed by atoms with Gasteiger partial charge in [0, 0.05) is 18.3 Å². The molecule has 2 heterocycles. The fourth-order valence-corrected chi connectivity index (χ4v) is 3.66. The molecule has 2 N–H and O–H groups in total. The summed E-state index contributed by atoms with van der Waals surface area (Å²) >= 11 is 1.70. The molecule has 118 valence electrons. The number of amides is 2. The molecule has 1 aliphatic rings. The highest BCUT2D eigenvalue weighted by molar-refractivity contribution is 7.11. The lowest BCUT2D eigenvalue weighted by atomic mass is 10.0. The first kappa shape index (κ1) is 15.0. The summed E-state index contributed by atoms with van der Waals surface area (Å²) in [7, 11) is 1.81. The van der Waals surface area contributed by atoms with E-state index in [-0.39, 0.29) is 6.03 Å². The Kier molecular flexibility index (Phi) is 4.37. The van der Waals surface area contributed by atoms with E-state index in [9.17, 15) is 4.79 Å². The van der Waals surface area contributed by atoms with Gasteiger partial charge in [0.15, 0.2) is 0 Å². The van der Waals surface area contributed by atoms with Crippen molar-refractivity contribution in [2.75, 3.05) is 5.32 Å². The number of fused-ring (bicyclic) bond motifs is 1. The van der Waals surface area contributed by atoms with Crippen molar-refractivity contribution in [2.45, 2.75) is 45.6 Å². The number of carbonyl (C=O) groups excluding carboxylic acids is 1. The van der Waals surface area contributed by atoms with Gasteiger partial charge in [0.2, 0.25) is 5.95 Å². The number of hydrogen-bond donors (Lipinski definition) is 2. The second-order valence-electron chi connectivity index (χ2n) is 5.32. The molecule has 0 radical (unpaired) electrons. The first-order valence-electron chi connectivity index (χ1n) is 7.58. The summed E-state index contributed by atoms with van der Waals surface area (Å²) in [4.78, 5) is 22.1. The van der Waals surface area contributed by atoms with Crippen molar-refractivity contribution in [3.63, 3.8) is 0 Å². The standard InChI is InChI=1S/C14H20N6OS/c1-3-11-17-13(19-20(11)2)18-14(21)15-8-12-16-9-6-4-5-7-10(9)22-12/h3-8H2,1-2H3,(H2,15,18,19,21). The third kappa shape index (κ3) is 3.27. The molecule has 0 fully saturated rings. The van der Waals surface area contributed by atoms with Crippen molar-refractivity contribution in [2.24, 2.45) is 7.05 Å². The van der Waals surface area contributed by atoms with E-state index in [1.807, 2.05) is 14.0 Å². The molecule has 3 rings (SSSR count). The lowest BCUT2D eigenvalue weighted by Crippen LogP contribution is -2.28. The Morgan fingerprint density at radius 2 is 2.14 bits per heavy atom. The highest BCUT2D eigenvalue weighted by Crippen LogP contribution is 2.26. The van der Waals surface area contributed by atoms with Crippen LogP contribution in [0.4, 0.5) is 10.7 Å². The summed E-state index contributed by atoms with van der Waals surface area (Å²) in [6.07, 6.45) is 5.42. The molecule has 8 heteroatoms. The fraction of sp³-hybridized carbons (Fsp3) is 0.571. The van der Waals surface area contributed by atoms with Crippen molar-refractivity contribution in [1.29, 1.82) is 0 Å². The van der Waals surface area contributed by atoms with Gasteiger partial charge in [-0.15, -0.1) is 16.4 Å². The lowest BCUT2D eigenvalue weighted by Gasteiger charge is -2.06. The molecule has 0 atom stereocenters. The molecule has 7 nitrogen and oxygen atoms in total. The quantitative estimate of drug-likeness (QED) is 0.903. The van der Waals surface area contributed by atoms with Crippen LogP contribution in [0.15, 0.2) is 0 Å². The topological polar surface area (TPSA) is 84.7 Å². The number of hydrogen-bond acceptors (Lipinski definition) is 5. The van der Waals surface area contributed by atoms with E-state index in [2.05, 4.69) is 25.7 Å². The number of anilines is 1. The van der Waals surface area contributed by atoms with Crippen LogP contribution >= 0.6 is 11.3 Å². The van der Waals surface area contributed by atoms with Crippen LogP contribution in [0, 0.1) is 0 Å². The van der Waals surface area contributed by atoms with Gasteiger partial charge in [0.05, 0.1) is 12.2 Å². The number of aromatic nitrogens is 4. The van der Waals surface area contributed by atoms with Crippen molar-refractivity contribution >= 4 is 23.3 Å². The van der Waals surface area contributed by atoms with Crippen LogP contribution in [-0.2, 0) is 32.9 Å². The van der Waals surface area contributed by atoms with E-state index in [0.29, 0.717) is 12.5 Å². The highest BCUT2D eigenvalue weighted by Gasteiger charge is 2.15. The van der Waals surface area contributed by atoms with E-state index in [4.69, 9.17) is 0 Å². The average Bonchev–Trinajstić information content (AvgIpc) is 3.07. The van der Waals surface area contributed by atoms with E-state index >= 15 is 0 Å². The van der Waals surface area contributed by atoms with E-state index in [0.717, 1.165) is 30.1 Å². The number of carbonyl (C=O) groups is 1. The van der Waals surface area contributed by atoms with Crippen LogP contribution < -0.4 is 10.6 Å². The molecule has 1 aliphatic carbocycles. The minimum Gasteiger partial charge on any atom is -0.331 e. The minimum absolute atomic E-state index is 0.304. The Hall–Kier alpha value is -1.96. The molecular formula is C14H20N6OS. The number of urea groups is 1. The zero-order chi connectivity index (χ0) is 15.5. The van der Waals surface area contributed by atoms with Gasteiger partial charge in [-0.1, -0.05) is 6.92 Å². The van der Waals surface area contributed by atoms with Gasteiger partial charge in [-0.05, 0) is 25.7 Å². The third-order valence-corrected chi connectivity index (χ3v) is 4.84. The molecule has 0 saturated heterocycles. The highest BCUT2D eigenvalue weighted by atomic mass is 32.1. The van der Waals surface area contributed by atoms with Gasteiger partial charge >= 0.3 is 6.03 Å². The normalized spacial score (nSPS) is 13.7. The summed E-state index contributed by atoms with van der Waals surface area (Å²) in [6.45, 7) is 2.44. The maximum atomic E-state index is 11.9. The molecule has 2 aromatic heterocycles. The van der Waals surface area contributed by atoms with Crippen LogP contribution in [0.1, 0.15) is 41.2 Å². The summed E-state index contributed by atoms with van der Waals surface area (Å²) in [6, 6.07) is -0.304. The number of thiazole rings is 1. The first-order valence-corrected chi connectivity index (χ1v) is 8.39. The Labute approximate surface area is 133 Å². The fourth-order valence-electron chi connectivity index (χ4n) is 2.56. The van der Waals surface area contributed by atoms with Gasteiger partial charge in [-0.3, -0.25) is 10.00 Å². The monoisotopic (exact) mass is 320 g/mol.